The molecule has 1 aromatic carbocycles. The SMILES string of the molecule is Cc1c(C(=O)NN=Cc2cc(Br)ccc2F)nnn1-c1nonc1N. The van der Waals surface area contributed by atoms with E-state index in [0.717, 1.165) is 0 Å². The predicted octanol–water partition coefficient (Wildman–Crippen LogP) is 1.21. The molecule has 0 bridgehead atoms. The molecule has 3 aromatic rings. The van der Waals surface area contributed by atoms with Gasteiger partial charge in [0.05, 0.1) is 11.9 Å². The van der Waals surface area contributed by atoms with Crippen LogP contribution in [-0.4, -0.2) is 37.4 Å². The standard InChI is InChI=1S/C13H10BrFN8O2/c1-6-10(18-22-23(6)12-11(16)20-25-21-12)13(24)19-17-5-7-4-8(14)2-3-9(7)15/h2-5H,1H3,(H2,16,20)(H,19,24). The molecule has 0 spiro atoms. The molecule has 25 heavy (non-hydrogen) atoms. The molecule has 2 aromatic heterocycles. The first-order valence-corrected chi connectivity index (χ1v) is 7.56. The molecule has 3 rings (SSSR count). The summed E-state index contributed by atoms with van der Waals surface area (Å²) in [6, 6.07) is 4.35. The van der Waals surface area contributed by atoms with Crippen molar-refractivity contribution in [3.63, 3.8) is 0 Å². The van der Waals surface area contributed by atoms with E-state index in [1.165, 1.54) is 23.0 Å². The van der Waals surface area contributed by atoms with Crippen LogP contribution in [0.25, 0.3) is 5.82 Å². The van der Waals surface area contributed by atoms with Gasteiger partial charge in [-0.05, 0) is 35.4 Å². The van der Waals surface area contributed by atoms with Crippen LogP contribution in [0.1, 0.15) is 21.7 Å². The zero-order chi connectivity index (χ0) is 18.0. The van der Waals surface area contributed by atoms with Crippen LogP contribution in [0.3, 0.4) is 0 Å². The van der Waals surface area contributed by atoms with Crippen molar-refractivity contribution in [1.29, 1.82) is 0 Å². The number of amides is 1. The lowest BCUT2D eigenvalue weighted by atomic mass is 10.2. The molecule has 0 saturated heterocycles. The number of carbonyl (C=O) groups excluding carboxylic acids is 1. The molecule has 0 aliphatic heterocycles. The molecule has 12 heteroatoms. The van der Waals surface area contributed by atoms with Crippen LogP contribution in [0.15, 0.2) is 32.4 Å². The Balaban J connectivity index is 1.76. The molecular weight excluding hydrogens is 399 g/mol. The van der Waals surface area contributed by atoms with E-state index >= 15 is 0 Å². The van der Waals surface area contributed by atoms with Gasteiger partial charge in [0.15, 0.2) is 5.69 Å². The number of nitrogen functional groups attached to an aromatic ring is 1. The summed E-state index contributed by atoms with van der Waals surface area (Å²) in [6.45, 7) is 1.58. The fourth-order valence-electron chi connectivity index (χ4n) is 1.90. The van der Waals surface area contributed by atoms with Crippen molar-refractivity contribution in [2.75, 3.05) is 5.73 Å². The Bertz CT molecular complexity index is 967. The van der Waals surface area contributed by atoms with E-state index < -0.39 is 11.7 Å². The second kappa shape index (κ2) is 6.76. The zero-order valence-electron chi connectivity index (χ0n) is 12.6. The molecular formula is C13H10BrFN8O2. The second-order valence-corrected chi connectivity index (χ2v) is 5.69. The number of nitrogens with zero attached hydrogens (tertiary/aromatic N) is 6. The van der Waals surface area contributed by atoms with Crippen molar-refractivity contribution < 1.29 is 13.8 Å². The summed E-state index contributed by atoms with van der Waals surface area (Å²) >= 11 is 3.23. The smallest absolute Gasteiger partial charge is 0.293 e. The maximum absolute atomic E-state index is 13.6. The monoisotopic (exact) mass is 408 g/mol. The van der Waals surface area contributed by atoms with Gasteiger partial charge in [-0.2, -0.15) is 9.78 Å². The van der Waals surface area contributed by atoms with Crippen LogP contribution in [0.5, 0.6) is 0 Å². The van der Waals surface area contributed by atoms with E-state index in [1.807, 2.05) is 0 Å². The highest BCUT2D eigenvalue weighted by Gasteiger charge is 2.20. The van der Waals surface area contributed by atoms with Gasteiger partial charge in [-0.3, -0.25) is 4.79 Å². The van der Waals surface area contributed by atoms with E-state index in [0.29, 0.717) is 10.2 Å². The van der Waals surface area contributed by atoms with E-state index in [2.05, 4.69) is 51.7 Å². The number of aromatic nitrogens is 5. The number of nitrogens with one attached hydrogen (secondary N) is 1. The molecule has 0 atom stereocenters. The van der Waals surface area contributed by atoms with Crippen molar-refractivity contribution >= 4 is 33.9 Å². The summed E-state index contributed by atoms with van der Waals surface area (Å²) in [5.41, 5.74) is 8.38. The van der Waals surface area contributed by atoms with Gasteiger partial charge < -0.3 is 5.73 Å². The van der Waals surface area contributed by atoms with Gasteiger partial charge in [-0.25, -0.2) is 14.4 Å². The number of benzene rings is 1. The maximum Gasteiger partial charge on any atom is 0.293 e. The summed E-state index contributed by atoms with van der Waals surface area (Å²) in [7, 11) is 0. The van der Waals surface area contributed by atoms with Gasteiger partial charge in [0.2, 0.25) is 11.6 Å². The molecule has 0 radical (unpaired) electrons. The first-order valence-electron chi connectivity index (χ1n) is 6.76. The number of hydrazone groups is 1. The molecule has 0 saturated carbocycles. The van der Waals surface area contributed by atoms with Crippen LogP contribution in [0.2, 0.25) is 0 Å². The molecule has 1 amide bonds. The van der Waals surface area contributed by atoms with E-state index in [1.54, 1.807) is 13.0 Å². The Hall–Kier alpha value is -3.15. The average molecular weight is 409 g/mol. The first kappa shape index (κ1) is 16.7. The summed E-state index contributed by atoms with van der Waals surface area (Å²) < 4.78 is 20.0. The molecule has 0 aliphatic carbocycles. The normalized spacial score (nSPS) is 11.2. The summed E-state index contributed by atoms with van der Waals surface area (Å²) in [5, 5.41) is 18.3. The Morgan fingerprint density at radius 2 is 2.28 bits per heavy atom. The lowest BCUT2D eigenvalue weighted by Crippen LogP contribution is -2.19. The van der Waals surface area contributed by atoms with Gasteiger partial charge in [0, 0.05) is 10.0 Å². The van der Waals surface area contributed by atoms with Gasteiger partial charge in [-0.1, -0.05) is 21.1 Å². The zero-order valence-corrected chi connectivity index (χ0v) is 14.2. The van der Waals surface area contributed by atoms with Crippen molar-refractivity contribution in [3.8, 4) is 5.82 Å². The highest BCUT2D eigenvalue weighted by atomic mass is 79.9. The average Bonchev–Trinajstić information content (AvgIpc) is 3.16. The summed E-state index contributed by atoms with van der Waals surface area (Å²) in [6.07, 6.45) is 1.18. The van der Waals surface area contributed by atoms with Crippen molar-refractivity contribution in [2.45, 2.75) is 6.92 Å². The highest BCUT2D eigenvalue weighted by Crippen LogP contribution is 2.15. The third-order valence-corrected chi connectivity index (χ3v) is 3.63. The van der Waals surface area contributed by atoms with Gasteiger partial charge in [-0.15, -0.1) is 5.10 Å². The number of carbonyl (C=O) groups is 1. The second-order valence-electron chi connectivity index (χ2n) is 4.77. The molecule has 2 heterocycles. The minimum atomic E-state index is -0.634. The van der Waals surface area contributed by atoms with Crippen molar-refractivity contribution in [1.82, 2.24) is 30.7 Å². The number of halogens is 2. The van der Waals surface area contributed by atoms with Gasteiger partial charge in [0.1, 0.15) is 5.82 Å². The third-order valence-electron chi connectivity index (χ3n) is 3.13. The van der Waals surface area contributed by atoms with Crippen LogP contribution in [0.4, 0.5) is 10.2 Å². The summed E-state index contributed by atoms with van der Waals surface area (Å²) in [5.74, 6) is -0.991. The molecule has 0 unspecified atom stereocenters. The lowest BCUT2D eigenvalue weighted by Gasteiger charge is -2.00. The Kier molecular flexibility index (Phi) is 4.52. The van der Waals surface area contributed by atoms with Crippen molar-refractivity contribution in [3.05, 3.63) is 45.4 Å². The van der Waals surface area contributed by atoms with E-state index in [-0.39, 0.29) is 22.9 Å². The minimum Gasteiger partial charge on any atom is -0.378 e. The Morgan fingerprint density at radius 3 is 3.00 bits per heavy atom. The summed E-state index contributed by atoms with van der Waals surface area (Å²) in [4.78, 5) is 12.1. The number of rotatable bonds is 4. The minimum absolute atomic E-state index is 0.00288. The van der Waals surface area contributed by atoms with Crippen molar-refractivity contribution in [2.24, 2.45) is 5.10 Å². The van der Waals surface area contributed by atoms with E-state index in [4.69, 9.17) is 5.73 Å². The molecule has 10 nitrogen and oxygen atoms in total. The molecule has 3 N–H and O–H groups in total. The number of hydrogen-bond acceptors (Lipinski definition) is 8. The third kappa shape index (κ3) is 3.38. The molecule has 128 valence electrons. The maximum atomic E-state index is 13.6. The number of anilines is 1. The number of nitrogens with two attached hydrogens (primary N) is 1. The van der Waals surface area contributed by atoms with Crippen LogP contribution in [0, 0.1) is 12.7 Å². The van der Waals surface area contributed by atoms with Gasteiger partial charge in [0.25, 0.3) is 5.91 Å². The highest BCUT2D eigenvalue weighted by molar-refractivity contribution is 9.10. The van der Waals surface area contributed by atoms with Gasteiger partial charge >= 0.3 is 0 Å². The topological polar surface area (TPSA) is 137 Å². The predicted molar refractivity (Wildman–Crippen MR) is 87.5 cm³/mol. The largest absolute Gasteiger partial charge is 0.378 e. The Morgan fingerprint density at radius 1 is 1.48 bits per heavy atom. The molecule has 0 fully saturated rings. The Labute approximate surface area is 148 Å². The fourth-order valence-corrected chi connectivity index (χ4v) is 2.28. The van der Waals surface area contributed by atoms with E-state index in [9.17, 15) is 9.18 Å². The quantitative estimate of drug-likeness (QED) is 0.488. The lowest BCUT2D eigenvalue weighted by molar-refractivity contribution is 0.0949. The van der Waals surface area contributed by atoms with Crippen LogP contribution < -0.4 is 11.2 Å². The fraction of sp³-hybridized carbons (Fsp3) is 0.0769. The van der Waals surface area contributed by atoms with Crippen LogP contribution >= 0.6 is 15.9 Å². The number of hydrogen-bond donors (Lipinski definition) is 2. The van der Waals surface area contributed by atoms with Crippen LogP contribution in [-0.2, 0) is 0 Å². The molecule has 0 aliphatic rings. The first-order chi connectivity index (χ1) is 12.0.